The Balaban J connectivity index is 1.15. The van der Waals surface area contributed by atoms with Crippen molar-refractivity contribution >= 4 is 34.1 Å². The van der Waals surface area contributed by atoms with Gasteiger partial charge in [0, 0.05) is 45.0 Å². The molecule has 0 aliphatic heterocycles. The normalized spacial score (nSPS) is 14.6. The summed E-state index contributed by atoms with van der Waals surface area (Å²) in [6, 6.07) is 41.8. The van der Waals surface area contributed by atoms with Crippen LogP contribution in [0.1, 0.15) is 77.8 Å². The van der Waals surface area contributed by atoms with Gasteiger partial charge in [-0.25, -0.2) is 0 Å². The minimum atomic E-state index is -4.44. The summed E-state index contributed by atoms with van der Waals surface area (Å²) < 4.78 is 81.8. The number of rotatable bonds is 6. The van der Waals surface area contributed by atoms with Crippen molar-refractivity contribution in [2.45, 2.75) is 71.6 Å². The minimum absolute atomic E-state index is 0.418. The van der Waals surface area contributed by atoms with Crippen molar-refractivity contribution in [3.8, 4) is 22.3 Å². The molecule has 0 N–H and O–H groups in total. The van der Waals surface area contributed by atoms with E-state index in [1.807, 2.05) is 72.2 Å². The van der Waals surface area contributed by atoms with Gasteiger partial charge in [-0.2, -0.15) is 26.3 Å². The molecular formula is C53H44F6N2. The molecule has 0 unspecified atom stereocenters. The Morgan fingerprint density at radius 1 is 0.377 bits per heavy atom. The number of hydrogen-bond donors (Lipinski definition) is 0. The second kappa shape index (κ2) is 13.9. The third-order valence-electron chi connectivity index (χ3n) is 12.9. The molecule has 9 rings (SSSR count). The lowest BCUT2D eigenvalue weighted by atomic mass is 9.79. The number of aryl methyl sites for hydroxylation is 3. The van der Waals surface area contributed by atoms with Crippen molar-refractivity contribution in [2.75, 3.05) is 9.80 Å². The smallest absolute Gasteiger partial charge is 0.310 e. The number of nitrogens with zero attached hydrogens (tertiary/aromatic N) is 2. The summed E-state index contributed by atoms with van der Waals surface area (Å²) in [4.78, 5) is 4.07. The first-order valence-electron chi connectivity index (χ1n) is 20.3. The zero-order valence-corrected chi connectivity index (χ0v) is 34.9. The standard InChI is InChI=1S/C53H44F6N2/c1-31-12-8-10-14-47(31)60(36-20-16-34(17-21-36)52(54,55)56)38-24-25-40-41-29-45-42(30-44(41)50(4,5)43(40)27-38)49-33(3)26-39(28-46(49)51(45,6)7)61(48-15-11-9-13-32(48)2)37-22-18-35(19-23-37)53(57,58)59/h8-30H,1-7H3. The average molecular weight is 823 g/mol. The van der Waals surface area contributed by atoms with Crippen molar-refractivity contribution in [3.05, 3.63) is 190 Å². The third kappa shape index (κ3) is 6.50. The molecule has 7 aromatic rings. The van der Waals surface area contributed by atoms with E-state index in [0.29, 0.717) is 11.4 Å². The summed E-state index contributed by atoms with van der Waals surface area (Å²) in [6.07, 6.45) is -8.89. The molecule has 7 aromatic carbocycles. The highest BCUT2D eigenvalue weighted by Crippen LogP contribution is 2.58. The minimum Gasteiger partial charge on any atom is -0.310 e. The lowest BCUT2D eigenvalue weighted by molar-refractivity contribution is -0.138. The first kappa shape index (κ1) is 40.1. The Morgan fingerprint density at radius 3 is 1.30 bits per heavy atom. The third-order valence-corrected chi connectivity index (χ3v) is 12.9. The SMILES string of the molecule is Cc1ccccc1N(c1ccc(C(F)(F)F)cc1)c1ccc2c(c1)C(C)(C)c1cc3c(cc1-2)C(C)(C)c1cc(N(c2ccc(C(F)(F)F)cc2)c2ccccc2C)cc(C)c1-3. The molecule has 2 nitrogen and oxygen atoms in total. The van der Waals surface area contributed by atoms with Gasteiger partial charge in [-0.1, -0.05) is 70.2 Å². The van der Waals surface area contributed by atoms with E-state index in [2.05, 4.69) is 77.1 Å². The van der Waals surface area contributed by atoms with E-state index < -0.39 is 34.3 Å². The van der Waals surface area contributed by atoms with E-state index in [4.69, 9.17) is 0 Å². The Kier molecular flexibility index (Phi) is 9.13. The highest BCUT2D eigenvalue weighted by molar-refractivity contribution is 5.93. The second-order valence-corrected chi connectivity index (χ2v) is 17.4. The first-order valence-corrected chi connectivity index (χ1v) is 20.3. The number of para-hydroxylation sites is 2. The van der Waals surface area contributed by atoms with Gasteiger partial charge >= 0.3 is 12.4 Å². The Labute approximate surface area is 352 Å². The van der Waals surface area contributed by atoms with Gasteiger partial charge in [-0.05, 0) is 179 Å². The molecule has 2 aliphatic rings. The van der Waals surface area contributed by atoms with Gasteiger partial charge in [0.1, 0.15) is 0 Å². The number of hydrogen-bond acceptors (Lipinski definition) is 2. The van der Waals surface area contributed by atoms with Crippen LogP contribution in [0.4, 0.5) is 60.5 Å². The van der Waals surface area contributed by atoms with Crippen molar-refractivity contribution in [1.29, 1.82) is 0 Å². The predicted molar refractivity (Wildman–Crippen MR) is 235 cm³/mol. The fraction of sp³-hybridized carbons (Fsp3) is 0.208. The highest BCUT2D eigenvalue weighted by atomic mass is 19.4. The maximum atomic E-state index is 13.7. The molecule has 0 atom stereocenters. The lowest BCUT2D eigenvalue weighted by Crippen LogP contribution is -2.18. The van der Waals surface area contributed by atoms with Crippen molar-refractivity contribution in [3.63, 3.8) is 0 Å². The van der Waals surface area contributed by atoms with Crippen LogP contribution in [0.5, 0.6) is 0 Å². The average Bonchev–Trinajstić information content (AvgIpc) is 3.57. The van der Waals surface area contributed by atoms with E-state index in [-0.39, 0.29) is 0 Å². The van der Waals surface area contributed by atoms with Crippen molar-refractivity contribution < 1.29 is 26.3 Å². The number of fused-ring (bicyclic) bond motifs is 6. The number of alkyl halides is 6. The van der Waals surface area contributed by atoms with Crippen LogP contribution in [0.2, 0.25) is 0 Å². The summed E-state index contributed by atoms with van der Waals surface area (Å²) in [5, 5.41) is 0. The quantitative estimate of drug-likeness (QED) is 0.154. The van der Waals surface area contributed by atoms with Gasteiger partial charge in [0.2, 0.25) is 0 Å². The van der Waals surface area contributed by atoms with E-state index in [0.717, 1.165) is 97.1 Å². The predicted octanol–water partition coefficient (Wildman–Crippen LogP) is 16.2. The molecule has 0 saturated carbocycles. The first-order chi connectivity index (χ1) is 28.8. The van der Waals surface area contributed by atoms with Crippen LogP contribution in [0.15, 0.2) is 140 Å². The Bertz CT molecular complexity index is 2870. The largest absolute Gasteiger partial charge is 0.416 e. The van der Waals surface area contributed by atoms with E-state index in [1.54, 1.807) is 0 Å². The topological polar surface area (TPSA) is 6.48 Å². The number of halogens is 6. The van der Waals surface area contributed by atoms with Crippen LogP contribution >= 0.6 is 0 Å². The molecule has 8 heteroatoms. The van der Waals surface area contributed by atoms with E-state index in [1.165, 1.54) is 35.4 Å². The lowest BCUT2D eigenvalue weighted by Gasteiger charge is -2.30. The molecule has 0 saturated heterocycles. The van der Waals surface area contributed by atoms with Crippen molar-refractivity contribution in [2.24, 2.45) is 0 Å². The molecule has 0 heterocycles. The summed E-state index contributed by atoms with van der Waals surface area (Å²) in [7, 11) is 0. The molecule has 0 aromatic heterocycles. The fourth-order valence-corrected chi connectivity index (χ4v) is 9.61. The van der Waals surface area contributed by atoms with E-state index in [9.17, 15) is 26.3 Å². The summed E-state index contributed by atoms with van der Waals surface area (Å²) in [6.45, 7) is 15.0. The molecule has 0 fully saturated rings. The molecule has 0 bridgehead atoms. The number of benzene rings is 7. The van der Waals surface area contributed by atoms with Crippen LogP contribution in [-0.4, -0.2) is 0 Å². The van der Waals surface area contributed by atoms with Gasteiger partial charge in [0.05, 0.1) is 11.1 Å². The number of anilines is 6. The van der Waals surface area contributed by atoms with Crippen molar-refractivity contribution in [1.82, 2.24) is 0 Å². The van der Waals surface area contributed by atoms with Crippen LogP contribution in [0, 0.1) is 20.8 Å². The molecule has 61 heavy (non-hydrogen) atoms. The maximum absolute atomic E-state index is 13.7. The highest BCUT2D eigenvalue weighted by Gasteiger charge is 2.43. The van der Waals surface area contributed by atoms with Crippen LogP contribution in [0.25, 0.3) is 22.3 Å². The zero-order chi connectivity index (χ0) is 43.4. The van der Waals surface area contributed by atoms with E-state index >= 15 is 0 Å². The van der Waals surface area contributed by atoms with Gasteiger partial charge in [0.15, 0.2) is 0 Å². The summed E-state index contributed by atoms with van der Waals surface area (Å²) >= 11 is 0. The molecule has 308 valence electrons. The van der Waals surface area contributed by atoms with Gasteiger partial charge < -0.3 is 9.80 Å². The molecule has 0 spiro atoms. The molecule has 2 aliphatic carbocycles. The zero-order valence-electron chi connectivity index (χ0n) is 34.9. The van der Waals surface area contributed by atoms with Crippen LogP contribution in [-0.2, 0) is 23.2 Å². The second-order valence-electron chi connectivity index (χ2n) is 17.4. The van der Waals surface area contributed by atoms with Gasteiger partial charge in [-0.3, -0.25) is 0 Å². The monoisotopic (exact) mass is 822 g/mol. The van der Waals surface area contributed by atoms with Crippen LogP contribution < -0.4 is 9.80 Å². The molecule has 0 radical (unpaired) electrons. The Morgan fingerprint density at radius 2 is 0.787 bits per heavy atom. The molecule has 0 amide bonds. The summed E-state index contributed by atoms with van der Waals surface area (Å²) in [5.74, 6) is 0. The maximum Gasteiger partial charge on any atom is 0.416 e. The van der Waals surface area contributed by atoms with Gasteiger partial charge in [0.25, 0.3) is 0 Å². The fourth-order valence-electron chi connectivity index (χ4n) is 9.61. The molecular weight excluding hydrogens is 779 g/mol. The van der Waals surface area contributed by atoms with Crippen LogP contribution in [0.3, 0.4) is 0 Å². The summed E-state index contributed by atoms with van der Waals surface area (Å²) in [5.41, 5.74) is 14.8. The van der Waals surface area contributed by atoms with Gasteiger partial charge in [-0.15, -0.1) is 0 Å². The Hall–Kier alpha value is -6.28.